The highest BCUT2D eigenvalue weighted by atomic mass is 35.5. The van der Waals surface area contributed by atoms with Gasteiger partial charge in [-0.2, -0.15) is 5.10 Å². The van der Waals surface area contributed by atoms with Crippen LogP contribution in [-0.4, -0.2) is 10.2 Å². The third kappa shape index (κ3) is 1.17. The Morgan fingerprint density at radius 3 is 2.88 bits per heavy atom. The number of aromatic nitrogens is 2. The van der Waals surface area contributed by atoms with Crippen molar-refractivity contribution in [2.75, 3.05) is 0 Å². The summed E-state index contributed by atoms with van der Waals surface area (Å²) < 4.78 is 0. The van der Waals surface area contributed by atoms with E-state index in [9.17, 15) is 0 Å². The third-order valence-electron chi connectivity index (χ3n) is 0.700. The van der Waals surface area contributed by atoms with Gasteiger partial charge in [-0.1, -0.05) is 11.6 Å². The molecule has 1 heterocycles. The summed E-state index contributed by atoms with van der Waals surface area (Å²) in [6.07, 6.45) is 2.48. The van der Waals surface area contributed by atoms with Crippen molar-refractivity contribution in [3.63, 3.8) is 0 Å². The Bertz CT molecular complexity index is 170. The quantitative estimate of drug-likeness (QED) is 0.524. The largest absolute Gasteiger partial charge is 0.155 e. The van der Waals surface area contributed by atoms with E-state index in [1.807, 2.05) is 6.92 Å². The predicted molar refractivity (Wildman–Crippen MR) is 30.6 cm³/mol. The van der Waals surface area contributed by atoms with E-state index in [-0.39, 0.29) is 0 Å². The molecule has 8 heavy (non-hydrogen) atoms. The van der Waals surface area contributed by atoms with E-state index in [4.69, 9.17) is 11.6 Å². The molecule has 0 unspecified atom stereocenters. The van der Waals surface area contributed by atoms with Crippen LogP contribution in [0.1, 0.15) is 5.69 Å². The van der Waals surface area contributed by atoms with Gasteiger partial charge in [0, 0.05) is 0 Å². The normalized spacial score (nSPS) is 9.25. The molecule has 0 bridgehead atoms. The van der Waals surface area contributed by atoms with Crippen LogP contribution in [0.4, 0.5) is 0 Å². The van der Waals surface area contributed by atoms with Crippen molar-refractivity contribution in [3.8, 4) is 0 Å². The van der Waals surface area contributed by atoms with Gasteiger partial charge in [-0.3, -0.25) is 0 Å². The molecule has 3 heteroatoms. The van der Waals surface area contributed by atoms with Crippen molar-refractivity contribution in [2.24, 2.45) is 0 Å². The van der Waals surface area contributed by atoms with Gasteiger partial charge in [0.1, 0.15) is 6.20 Å². The molecule has 1 aromatic rings. The minimum Gasteiger partial charge on any atom is -0.155 e. The Balaban J connectivity index is 3.08. The lowest BCUT2D eigenvalue weighted by atomic mass is 10.4. The fourth-order valence-corrected chi connectivity index (χ4v) is 0.592. The average Bonchev–Trinajstić information content (AvgIpc) is 1.64. The molecular weight excluding hydrogens is 124 g/mol. The van der Waals surface area contributed by atoms with Crippen LogP contribution in [0.25, 0.3) is 0 Å². The highest BCUT2D eigenvalue weighted by molar-refractivity contribution is 6.30. The molecular formula is C5H4ClN2. The molecule has 0 N–H and O–H groups in total. The number of hydrogen-bond donors (Lipinski definition) is 0. The highest BCUT2D eigenvalue weighted by Gasteiger charge is 1.86. The van der Waals surface area contributed by atoms with E-state index >= 15 is 0 Å². The summed E-state index contributed by atoms with van der Waals surface area (Å²) >= 11 is 5.49. The molecule has 0 aliphatic heterocycles. The summed E-state index contributed by atoms with van der Waals surface area (Å²) in [6.45, 7) is 1.83. The molecule has 0 atom stereocenters. The smallest absolute Gasteiger partial charge is 0.133 e. The number of aryl methyl sites for hydroxylation is 1. The van der Waals surface area contributed by atoms with Crippen molar-refractivity contribution in [1.29, 1.82) is 0 Å². The zero-order valence-corrected chi connectivity index (χ0v) is 5.11. The van der Waals surface area contributed by atoms with Crippen LogP contribution in [0.15, 0.2) is 6.07 Å². The highest BCUT2D eigenvalue weighted by Crippen LogP contribution is 2.02. The lowest BCUT2D eigenvalue weighted by Crippen LogP contribution is -1.82. The maximum absolute atomic E-state index is 5.49. The van der Waals surface area contributed by atoms with Crippen molar-refractivity contribution < 1.29 is 0 Å². The Labute approximate surface area is 52.5 Å². The molecule has 2 nitrogen and oxygen atoms in total. The Morgan fingerprint density at radius 2 is 2.50 bits per heavy atom. The van der Waals surface area contributed by atoms with E-state index in [1.54, 1.807) is 6.07 Å². The number of hydrogen-bond acceptors (Lipinski definition) is 2. The van der Waals surface area contributed by atoms with Crippen LogP contribution in [-0.2, 0) is 0 Å². The number of nitrogens with zero attached hydrogens (tertiary/aromatic N) is 2. The first-order valence-corrected chi connectivity index (χ1v) is 2.54. The van der Waals surface area contributed by atoms with Crippen LogP contribution < -0.4 is 0 Å². The van der Waals surface area contributed by atoms with Gasteiger partial charge in [-0.15, -0.1) is 5.10 Å². The lowest BCUT2D eigenvalue weighted by Gasteiger charge is -1.85. The second-order valence-corrected chi connectivity index (χ2v) is 1.85. The number of rotatable bonds is 0. The van der Waals surface area contributed by atoms with Gasteiger partial charge in [-0.25, -0.2) is 0 Å². The molecule has 0 amide bonds. The standard InChI is InChI=1S/C5H4ClN2/c1-4-2-5(6)3-7-8-4/h2H,1H3. The monoisotopic (exact) mass is 127 g/mol. The van der Waals surface area contributed by atoms with E-state index in [0.29, 0.717) is 5.02 Å². The number of halogens is 1. The predicted octanol–water partition coefficient (Wildman–Crippen LogP) is 1.24. The second kappa shape index (κ2) is 2.09. The van der Waals surface area contributed by atoms with Crippen molar-refractivity contribution in [2.45, 2.75) is 6.92 Å². The van der Waals surface area contributed by atoms with Crippen LogP contribution in [0.3, 0.4) is 0 Å². The van der Waals surface area contributed by atoms with Crippen LogP contribution >= 0.6 is 11.6 Å². The summed E-state index contributed by atoms with van der Waals surface area (Å²) in [4.78, 5) is 0. The van der Waals surface area contributed by atoms with Crippen LogP contribution in [0.2, 0.25) is 5.02 Å². The molecule has 1 radical (unpaired) electrons. The summed E-state index contributed by atoms with van der Waals surface area (Å²) in [6, 6.07) is 1.70. The molecule has 0 spiro atoms. The van der Waals surface area contributed by atoms with E-state index in [0.717, 1.165) is 5.69 Å². The van der Waals surface area contributed by atoms with Crippen molar-refractivity contribution in [1.82, 2.24) is 10.2 Å². The fraction of sp³-hybridized carbons (Fsp3) is 0.200. The van der Waals surface area contributed by atoms with Crippen LogP contribution in [0, 0.1) is 13.1 Å². The lowest BCUT2D eigenvalue weighted by molar-refractivity contribution is 0.974. The van der Waals surface area contributed by atoms with Crippen molar-refractivity contribution in [3.05, 3.63) is 23.0 Å². The summed E-state index contributed by atoms with van der Waals surface area (Å²) in [7, 11) is 0. The first kappa shape index (κ1) is 5.51. The molecule has 0 saturated heterocycles. The molecule has 0 saturated carbocycles. The molecule has 0 aromatic carbocycles. The Morgan fingerprint density at radius 1 is 1.75 bits per heavy atom. The van der Waals surface area contributed by atoms with Gasteiger partial charge >= 0.3 is 0 Å². The van der Waals surface area contributed by atoms with Gasteiger partial charge in [0.05, 0.1) is 10.7 Å². The van der Waals surface area contributed by atoms with Gasteiger partial charge in [0.2, 0.25) is 0 Å². The SMILES string of the molecule is Cc1cc(Cl)[c]nn1. The van der Waals surface area contributed by atoms with Crippen LogP contribution in [0.5, 0.6) is 0 Å². The second-order valence-electron chi connectivity index (χ2n) is 1.45. The first-order valence-electron chi connectivity index (χ1n) is 2.16. The third-order valence-corrected chi connectivity index (χ3v) is 0.894. The molecule has 0 aliphatic carbocycles. The summed E-state index contributed by atoms with van der Waals surface area (Å²) in [5.41, 5.74) is 0.814. The zero-order chi connectivity index (χ0) is 5.98. The summed E-state index contributed by atoms with van der Waals surface area (Å²) in [5.74, 6) is 0. The average molecular weight is 128 g/mol. The van der Waals surface area contributed by atoms with Crippen molar-refractivity contribution >= 4 is 11.6 Å². The van der Waals surface area contributed by atoms with Gasteiger partial charge in [0.15, 0.2) is 0 Å². The summed E-state index contributed by atoms with van der Waals surface area (Å²) in [5, 5.41) is 7.64. The fourth-order valence-electron chi connectivity index (χ4n) is 0.396. The molecule has 0 fully saturated rings. The molecule has 1 rings (SSSR count). The van der Waals surface area contributed by atoms with Gasteiger partial charge < -0.3 is 0 Å². The first-order chi connectivity index (χ1) is 3.79. The zero-order valence-electron chi connectivity index (χ0n) is 4.35. The minimum absolute atomic E-state index is 0.512. The van der Waals surface area contributed by atoms with E-state index in [2.05, 4.69) is 16.4 Å². The van der Waals surface area contributed by atoms with E-state index < -0.39 is 0 Å². The topological polar surface area (TPSA) is 25.8 Å². The molecule has 41 valence electrons. The Kier molecular flexibility index (Phi) is 1.44. The maximum atomic E-state index is 5.49. The molecule has 1 aromatic heterocycles. The van der Waals surface area contributed by atoms with Gasteiger partial charge in [0.25, 0.3) is 0 Å². The maximum Gasteiger partial charge on any atom is 0.133 e. The van der Waals surface area contributed by atoms with E-state index in [1.165, 1.54) is 0 Å². The molecule has 0 aliphatic rings. The minimum atomic E-state index is 0.512. The Hall–Kier alpha value is -0.630. The van der Waals surface area contributed by atoms with Gasteiger partial charge in [-0.05, 0) is 13.0 Å².